The second-order valence-corrected chi connectivity index (χ2v) is 3.99. The minimum Gasteiger partial charge on any atom is -0.384 e. The molecule has 2 aromatic heterocycles. The van der Waals surface area contributed by atoms with Crippen LogP contribution in [0.25, 0.3) is 5.82 Å². The third-order valence-electron chi connectivity index (χ3n) is 2.71. The standard InChI is InChI=1S/C12H17N5O/c1-4-18-6-11-15-10(13)5-12(16-11)17-7-14-8(2)9(17)3/h5,7H,4,6H2,1-3H3,(H2,13,15,16). The second-order valence-electron chi connectivity index (χ2n) is 3.99. The Labute approximate surface area is 106 Å². The predicted octanol–water partition coefficient (Wildman–Crippen LogP) is 1.40. The van der Waals surface area contributed by atoms with Crippen LogP contribution in [0.1, 0.15) is 24.1 Å². The normalized spacial score (nSPS) is 10.8. The number of imidazole rings is 1. The Morgan fingerprint density at radius 1 is 1.33 bits per heavy atom. The SMILES string of the molecule is CCOCc1nc(N)cc(-n2cnc(C)c2C)n1. The predicted molar refractivity (Wildman–Crippen MR) is 68.4 cm³/mol. The van der Waals surface area contributed by atoms with Crippen molar-refractivity contribution in [3.8, 4) is 5.82 Å². The molecule has 2 N–H and O–H groups in total. The summed E-state index contributed by atoms with van der Waals surface area (Å²) >= 11 is 0. The van der Waals surface area contributed by atoms with Crippen molar-refractivity contribution in [2.45, 2.75) is 27.4 Å². The molecule has 0 spiro atoms. The average molecular weight is 247 g/mol. The van der Waals surface area contributed by atoms with Crippen LogP contribution in [0.4, 0.5) is 5.82 Å². The van der Waals surface area contributed by atoms with Gasteiger partial charge >= 0.3 is 0 Å². The summed E-state index contributed by atoms with van der Waals surface area (Å²) in [5.41, 5.74) is 7.79. The van der Waals surface area contributed by atoms with Gasteiger partial charge in [0.1, 0.15) is 24.6 Å². The second kappa shape index (κ2) is 5.14. The minimum absolute atomic E-state index is 0.362. The third kappa shape index (κ3) is 2.48. The number of hydrogen-bond acceptors (Lipinski definition) is 5. The summed E-state index contributed by atoms with van der Waals surface area (Å²) in [6.45, 7) is 6.86. The number of aromatic nitrogens is 4. The van der Waals surface area contributed by atoms with E-state index < -0.39 is 0 Å². The third-order valence-corrected chi connectivity index (χ3v) is 2.71. The van der Waals surface area contributed by atoms with Crippen LogP contribution < -0.4 is 5.73 Å². The lowest BCUT2D eigenvalue weighted by Gasteiger charge is -2.08. The summed E-state index contributed by atoms with van der Waals surface area (Å²) in [5.74, 6) is 1.73. The number of anilines is 1. The van der Waals surface area contributed by atoms with Gasteiger partial charge in [0.25, 0.3) is 0 Å². The molecule has 0 aliphatic carbocycles. The molecule has 2 heterocycles. The van der Waals surface area contributed by atoms with Gasteiger partial charge in [-0.05, 0) is 20.8 Å². The summed E-state index contributed by atoms with van der Waals surface area (Å²) < 4.78 is 7.19. The van der Waals surface area contributed by atoms with Crippen LogP contribution in [-0.2, 0) is 11.3 Å². The van der Waals surface area contributed by atoms with Gasteiger partial charge in [0.15, 0.2) is 5.82 Å². The number of nitrogen functional groups attached to an aromatic ring is 1. The van der Waals surface area contributed by atoms with E-state index in [1.54, 1.807) is 12.4 Å². The van der Waals surface area contributed by atoms with Gasteiger partial charge in [-0.3, -0.25) is 4.57 Å². The zero-order chi connectivity index (χ0) is 13.1. The van der Waals surface area contributed by atoms with Gasteiger partial charge in [-0.2, -0.15) is 0 Å². The highest BCUT2D eigenvalue weighted by molar-refractivity contribution is 5.39. The summed E-state index contributed by atoms with van der Waals surface area (Å²) in [6.07, 6.45) is 1.73. The number of hydrogen-bond donors (Lipinski definition) is 1. The molecule has 96 valence electrons. The minimum atomic E-state index is 0.362. The number of rotatable bonds is 4. The first-order valence-corrected chi connectivity index (χ1v) is 5.84. The van der Waals surface area contributed by atoms with E-state index in [9.17, 15) is 0 Å². The molecule has 0 aliphatic rings. The Morgan fingerprint density at radius 2 is 2.11 bits per heavy atom. The molecule has 6 nitrogen and oxygen atoms in total. The van der Waals surface area contributed by atoms with E-state index in [1.165, 1.54) is 0 Å². The van der Waals surface area contributed by atoms with Crippen molar-refractivity contribution in [3.05, 3.63) is 29.6 Å². The maximum Gasteiger partial charge on any atom is 0.158 e. The van der Waals surface area contributed by atoms with Crippen LogP contribution in [-0.4, -0.2) is 26.1 Å². The lowest BCUT2D eigenvalue weighted by Crippen LogP contribution is -2.07. The molecule has 0 aromatic carbocycles. The molecular weight excluding hydrogens is 230 g/mol. The molecule has 0 amide bonds. The fourth-order valence-corrected chi connectivity index (χ4v) is 1.61. The van der Waals surface area contributed by atoms with Crippen LogP contribution >= 0.6 is 0 Å². The van der Waals surface area contributed by atoms with Crippen LogP contribution in [0.15, 0.2) is 12.4 Å². The topological polar surface area (TPSA) is 78.9 Å². The van der Waals surface area contributed by atoms with Gasteiger partial charge in [0.05, 0.1) is 5.69 Å². The van der Waals surface area contributed by atoms with Crippen molar-refractivity contribution >= 4 is 5.82 Å². The molecular formula is C12H17N5O. The highest BCUT2D eigenvalue weighted by Gasteiger charge is 2.08. The smallest absolute Gasteiger partial charge is 0.158 e. The van der Waals surface area contributed by atoms with Crippen molar-refractivity contribution in [2.24, 2.45) is 0 Å². The largest absolute Gasteiger partial charge is 0.384 e. The monoisotopic (exact) mass is 247 g/mol. The molecule has 0 unspecified atom stereocenters. The van der Waals surface area contributed by atoms with E-state index in [0.29, 0.717) is 24.9 Å². The number of aryl methyl sites for hydroxylation is 1. The Bertz CT molecular complexity index is 549. The van der Waals surface area contributed by atoms with Gasteiger partial charge in [-0.1, -0.05) is 0 Å². The maximum atomic E-state index is 5.78. The van der Waals surface area contributed by atoms with Crippen LogP contribution in [0.5, 0.6) is 0 Å². The Kier molecular flexibility index (Phi) is 3.57. The number of nitrogens with two attached hydrogens (primary N) is 1. The zero-order valence-electron chi connectivity index (χ0n) is 10.8. The Morgan fingerprint density at radius 3 is 2.72 bits per heavy atom. The van der Waals surface area contributed by atoms with Crippen molar-refractivity contribution < 1.29 is 4.74 Å². The molecule has 0 radical (unpaired) electrons. The molecule has 2 aromatic rings. The average Bonchev–Trinajstić information content (AvgIpc) is 2.67. The lowest BCUT2D eigenvalue weighted by atomic mass is 10.4. The van der Waals surface area contributed by atoms with E-state index in [0.717, 1.165) is 17.2 Å². The van der Waals surface area contributed by atoms with Crippen LogP contribution in [0.3, 0.4) is 0 Å². The molecule has 0 bridgehead atoms. The molecule has 0 atom stereocenters. The molecule has 0 saturated heterocycles. The van der Waals surface area contributed by atoms with Crippen molar-refractivity contribution in [1.82, 2.24) is 19.5 Å². The van der Waals surface area contributed by atoms with Gasteiger partial charge in [0, 0.05) is 18.4 Å². The van der Waals surface area contributed by atoms with Crippen molar-refractivity contribution in [2.75, 3.05) is 12.3 Å². The molecule has 0 saturated carbocycles. The molecule has 2 rings (SSSR count). The van der Waals surface area contributed by atoms with Gasteiger partial charge in [-0.15, -0.1) is 0 Å². The Balaban J connectivity index is 2.38. The van der Waals surface area contributed by atoms with E-state index in [1.807, 2.05) is 25.3 Å². The molecule has 6 heteroatoms. The van der Waals surface area contributed by atoms with Gasteiger partial charge in [-0.25, -0.2) is 15.0 Å². The highest BCUT2D eigenvalue weighted by atomic mass is 16.5. The summed E-state index contributed by atoms with van der Waals surface area (Å²) in [7, 11) is 0. The van der Waals surface area contributed by atoms with E-state index in [4.69, 9.17) is 10.5 Å². The highest BCUT2D eigenvalue weighted by Crippen LogP contribution is 2.14. The summed E-state index contributed by atoms with van der Waals surface area (Å²) in [6, 6.07) is 1.73. The lowest BCUT2D eigenvalue weighted by molar-refractivity contribution is 0.128. The number of nitrogens with zero attached hydrogens (tertiary/aromatic N) is 4. The first kappa shape index (κ1) is 12.5. The van der Waals surface area contributed by atoms with E-state index in [2.05, 4.69) is 15.0 Å². The Hall–Kier alpha value is -1.95. The molecule has 18 heavy (non-hydrogen) atoms. The van der Waals surface area contributed by atoms with E-state index >= 15 is 0 Å². The molecule has 0 aliphatic heterocycles. The quantitative estimate of drug-likeness (QED) is 0.883. The zero-order valence-corrected chi connectivity index (χ0v) is 10.8. The summed E-state index contributed by atoms with van der Waals surface area (Å²) in [5, 5.41) is 0. The van der Waals surface area contributed by atoms with Gasteiger partial charge in [0.2, 0.25) is 0 Å². The fraction of sp³-hybridized carbons (Fsp3) is 0.417. The van der Waals surface area contributed by atoms with E-state index in [-0.39, 0.29) is 0 Å². The molecule has 0 fully saturated rings. The van der Waals surface area contributed by atoms with Crippen LogP contribution in [0.2, 0.25) is 0 Å². The van der Waals surface area contributed by atoms with Crippen LogP contribution in [0, 0.1) is 13.8 Å². The van der Waals surface area contributed by atoms with Crippen molar-refractivity contribution in [1.29, 1.82) is 0 Å². The number of ether oxygens (including phenoxy) is 1. The fourth-order valence-electron chi connectivity index (χ4n) is 1.61. The summed E-state index contributed by atoms with van der Waals surface area (Å²) in [4.78, 5) is 12.8. The van der Waals surface area contributed by atoms with Gasteiger partial charge < -0.3 is 10.5 Å². The maximum absolute atomic E-state index is 5.78. The first-order valence-electron chi connectivity index (χ1n) is 5.84. The first-order chi connectivity index (χ1) is 8.61. The van der Waals surface area contributed by atoms with Crippen molar-refractivity contribution in [3.63, 3.8) is 0 Å².